The molecule has 2 amide bonds. The Balaban J connectivity index is 0.964. The predicted molar refractivity (Wildman–Crippen MR) is 163 cm³/mol. The average molecular weight is 592 g/mol. The summed E-state index contributed by atoms with van der Waals surface area (Å²) in [5, 5.41) is 5.03. The first-order valence-electron chi connectivity index (χ1n) is 14.9. The number of anilines is 1. The summed E-state index contributed by atoms with van der Waals surface area (Å²) in [6.07, 6.45) is 10.3. The Kier molecular flexibility index (Phi) is 9.02. The van der Waals surface area contributed by atoms with E-state index in [9.17, 15) is 9.59 Å². The molecule has 3 fully saturated rings. The number of amides is 2. The number of H-pyrrole nitrogens is 1. The van der Waals surface area contributed by atoms with E-state index in [1.165, 1.54) is 0 Å². The molecule has 1 aromatic carbocycles. The minimum absolute atomic E-state index is 0.0192. The average Bonchev–Trinajstić information content (AvgIpc) is 3.47. The molecule has 222 valence electrons. The van der Waals surface area contributed by atoms with Crippen LogP contribution in [-0.4, -0.2) is 107 Å². The number of morpholine rings is 1. The highest BCUT2D eigenvalue weighted by Crippen LogP contribution is 2.32. The van der Waals surface area contributed by atoms with Gasteiger partial charge in [-0.15, -0.1) is 0 Å². The SMILES string of the molecule is O=C(/C=C/CN1CCOCC1)N1CCC(C(=O)N2CCC(Nc3ncc(Cl)c(-c4c[nH]c5ccccc45)n3)CC2)CC1. The number of benzene rings is 1. The van der Waals surface area contributed by atoms with Crippen LogP contribution >= 0.6 is 11.6 Å². The van der Waals surface area contributed by atoms with Crippen LogP contribution in [0.25, 0.3) is 22.2 Å². The number of nitrogens with zero attached hydrogens (tertiary/aromatic N) is 5. The zero-order valence-corrected chi connectivity index (χ0v) is 24.6. The molecule has 5 heterocycles. The van der Waals surface area contributed by atoms with E-state index >= 15 is 0 Å². The highest BCUT2D eigenvalue weighted by molar-refractivity contribution is 6.33. The lowest BCUT2D eigenvalue weighted by Crippen LogP contribution is -2.48. The van der Waals surface area contributed by atoms with Crippen LogP contribution in [0.3, 0.4) is 0 Å². The lowest BCUT2D eigenvalue weighted by molar-refractivity contribution is -0.140. The first-order chi connectivity index (χ1) is 20.5. The molecule has 42 heavy (non-hydrogen) atoms. The predicted octanol–water partition coefficient (Wildman–Crippen LogP) is 3.81. The maximum Gasteiger partial charge on any atom is 0.246 e. The van der Waals surface area contributed by atoms with Crippen molar-refractivity contribution in [3.05, 3.63) is 53.8 Å². The minimum atomic E-state index is -0.0192. The fraction of sp³-hybridized carbons (Fsp3) is 0.484. The summed E-state index contributed by atoms with van der Waals surface area (Å²) in [6.45, 7) is 6.73. The van der Waals surface area contributed by atoms with Crippen LogP contribution in [0.4, 0.5) is 5.95 Å². The first kappa shape index (κ1) is 28.6. The summed E-state index contributed by atoms with van der Waals surface area (Å²) >= 11 is 6.50. The summed E-state index contributed by atoms with van der Waals surface area (Å²) in [5.74, 6) is 0.779. The number of hydrogen-bond acceptors (Lipinski definition) is 7. The van der Waals surface area contributed by atoms with Gasteiger partial charge >= 0.3 is 0 Å². The van der Waals surface area contributed by atoms with E-state index in [0.29, 0.717) is 42.8 Å². The van der Waals surface area contributed by atoms with Crippen LogP contribution in [0.15, 0.2) is 48.8 Å². The van der Waals surface area contributed by atoms with Gasteiger partial charge < -0.3 is 24.8 Å². The van der Waals surface area contributed by atoms with Crippen LogP contribution in [-0.2, 0) is 14.3 Å². The Morgan fingerprint density at radius 1 is 1.02 bits per heavy atom. The van der Waals surface area contributed by atoms with Gasteiger partial charge in [0.15, 0.2) is 0 Å². The summed E-state index contributed by atoms with van der Waals surface area (Å²) in [7, 11) is 0. The smallest absolute Gasteiger partial charge is 0.246 e. The molecule has 3 aliphatic heterocycles. The normalized spacial score (nSPS) is 19.5. The second-order valence-corrected chi connectivity index (χ2v) is 11.7. The zero-order valence-electron chi connectivity index (χ0n) is 23.8. The number of rotatable bonds is 7. The second kappa shape index (κ2) is 13.2. The molecule has 2 aromatic heterocycles. The fourth-order valence-electron chi connectivity index (χ4n) is 6.12. The van der Waals surface area contributed by atoms with E-state index < -0.39 is 0 Å². The van der Waals surface area contributed by atoms with Crippen LogP contribution < -0.4 is 5.32 Å². The number of nitrogens with one attached hydrogen (secondary N) is 2. The number of aromatic amines is 1. The third-order valence-corrected chi connectivity index (χ3v) is 8.89. The molecule has 11 heteroatoms. The largest absolute Gasteiger partial charge is 0.379 e. The van der Waals surface area contributed by atoms with E-state index in [1.807, 2.05) is 46.3 Å². The second-order valence-electron chi connectivity index (χ2n) is 11.3. The first-order valence-corrected chi connectivity index (χ1v) is 15.3. The molecule has 0 saturated carbocycles. The van der Waals surface area contributed by atoms with E-state index in [-0.39, 0.29) is 23.8 Å². The molecule has 6 rings (SSSR count). The van der Waals surface area contributed by atoms with Gasteiger partial charge in [-0.25, -0.2) is 9.97 Å². The number of likely N-dealkylation sites (tertiary alicyclic amines) is 2. The lowest BCUT2D eigenvalue weighted by Gasteiger charge is -2.37. The molecule has 0 bridgehead atoms. The van der Waals surface area contributed by atoms with Crippen LogP contribution in [0, 0.1) is 5.92 Å². The van der Waals surface area contributed by atoms with E-state index in [4.69, 9.17) is 21.3 Å². The number of halogens is 1. The lowest BCUT2D eigenvalue weighted by atomic mass is 9.93. The fourth-order valence-corrected chi connectivity index (χ4v) is 6.31. The number of aromatic nitrogens is 3. The van der Waals surface area contributed by atoms with Gasteiger partial charge in [-0.1, -0.05) is 35.9 Å². The zero-order chi connectivity index (χ0) is 28.9. The molecule has 2 N–H and O–H groups in total. The summed E-state index contributed by atoms with van der Waals surface area (Å²) in [6, 6.07) is 8.24. The van der Waals surface area contributed by atoms with Crippen molar-refractivity contribution in [2.75, 3.05) is 64.3 Å². The third-order valence-electron chi connectivity index (χ3n) is 8.61. The van der Waals surface area contributed by atoms with Gasteiger partial charge in [-0.2, -0.15) is 0 Å². The molecule has 10 nitrogen and oxygen atoms in total. The maximum absolute atomic E-state index is 13.3. The Bertz CT molecular complexity index is 1420. The van der Waals surface area contributed by atoms with E-state index in [1.54, 1.807) is 12.3 Å². The molecule has 3 aliphatic rings. The highest BCUT2D eigenvalue weighted by Gasteiger charge is 2.32. The summed E-state index contributed by atoms with van der Waals surface area (Å²) < 4.78 is 5.37. The molecule has 0 radical (unpaired) electrons. The van der Waals surface area contributed by atoms with Crippen molar-refractivity contribution in [1.82, 2.24) is 29.7 Å². The molecule has 0 atom stereocenters. The molecule has 0 unspecified atom stereocenters. The molecule has 3 aromatic rings. The van der Waals surface area contributed by atoms with Gasteiger partial charge in [0.25, 0.3) is 0 Å². The van der Waals surface area contributed by atoms with Gasteiger partial charge in [0.2, 0.25) is 17.8 Å². The van der Waals surface area contributed by atoms with Crippen molar-refractivity contribution >= 4 is 40.3 Å². The molecule has 0 aliphatic carbocycles. The Morgan fingerprint density at radius 3 is 2.55 bits per heavy atom. The number of piperidine rings is 2. The molecular formula is C31H38ClN7O3. The number of carbonyl (C=O) groups excluding carboxylic acids is 2. The monoisotopic (exact) mass is 591 g/mol. The van der Waals surface area contributed by atoms with Gasteiger partial charge in [-0.3, -0.25) is 14.5 Å². The van der Waals surface area contributed by atoms with Crippen LogP contribution in [0.2, 0.25) is 5.02 Å². The van der Waals surface area contributed by atoms with Crippen molar-refractivity contribution in [1.29, 1.82) is 0 Å². The Hall–Kier alpha value is -3.47. The Morgan fingerprint density at radius 2 is 1.76 bits per heavy atom. The summed E-state index contributed by atoms with van der Waals surface area (Å²) in [5.41, 5.74) is 2.66. The third kappa shape index (κ3) is 6.61. The van der Waals surface area contributed by atoms with E-state index in [2.05, 4.69) is 20.2 Å². The Labute approximate surface area is 251 Å². The van der Waals surface area contributed by atoms with Gasteiger partial charge in [0.05, 0.1) is 30.1 Å². The highest BCUT2D eigenvalue weighted by atomic mass is 35.5. The van der Waals surface area contributed by atoms with Crippen molar-refractivity contribution in [2.24, 2.45) is 5.92 Å². The van der Waals surface area contributed by atoms with Gasteiger partial charge in [0, 0.05) is 86.5 Å². The standard InChI is InChI=1S/C31H38ClN7O3/c32-26-21-34-31(36-29(26)25-20-33-27-5-2-1-4-24(25)27)35-23-9-14-39(15-10-23)30(41)22-7-12-38(13-8-22)28(40)6-3-11-37-16-18-42-19-17-37/h1-6,20-23,33H,7-19H2,(H,34,35,36)/b6-3+. The topological polar surface area (TPSA) is 107 Å². The van der Waals surface area contributed by atoms with Gasteiger partial charge in [0.1, 0.15) is 0 Å². The summed E-state index contributed by atoms with van der Waals surface area (Å²) in [4.78, 5) is 44.5. The van der Waals surface area contributed by atoms with Gasteiger partial charge in [-0.05, 0) is 31.7 Å². The van der Waals surface area contributed by atoms with E-state index in [0.717, 1.165) is 75.0 Å². The number of hydrogen-bond donors (Lipinski definition) is 2. The van der Waals surface area contributed by atoms with Crippen LogP contribution in [0.5, 0.6) is 0 Å². The van der Waals surface area contributed by atoms with Crippen molar-refractivity contribution in [2.45, 2.75) is 31.7 Å². The van der Waals surface area contributed by atoms with Crippen molar-refractivity contribution < 1.29 is 14.3 Å². The van der Waals surface area contributed by atoms with Crippen LogP contribution in [0.1, 0.15) is 25.7 Å². The molecule has 3 saturated heterocycles. The molecular weight excluding hydrogens is 554 g/mol. The minimum Gasteiger partial charge on any atom is -0.379 e. The van der Waals surface area contributed by atoms with Crippen molar-refractivity contribution in [3.8, 4) is 11.3 Å². The number of fused-ring (bicyclic) bond motifs is 1. The number of ether oxygens (including phenoxy) is 1. The maximum atomic E-state index is 13.3. The molecule has 0 spiro atoms. The van der Waals surface area contributed by atoms with Crippen molar-refractivity contribution in [3.63, 3.8) is 0 Å². The quantitative estimate of drug-likeness (QED) is 0.403. The number of para-hydroxylation sites is 1. The number of carbonyl (C=O) groups is 2.